The highest BCUT2D eigenvalue weighted by Crippen LogP contribution is 2.32. The van der Waals surface area contributed by atoms with Crippen molar-refractivity contribution in [2.75, 3.05) is 37.8 Å². The molecule has 1 amide bonds. The maximum Gasteiger partial charge on any atom is 0.261 e. The maximum atomic E-state index is 13.6. The van der Waals surface area contributed by atoms with Gasteiger partial charge in [-0.15, -0.1) is 12.4 Å². The van der Waals surface area contributed by atoms with Gasteiger partial charge in [0.25, 0.3) is 5.91 Å². The topological polar surface area (TPSA) is 70.6 Å². The second kappa shape index (κ2) is 10.5. The number of carbonyl (C=O) groups excluding carboxylic acids is 1. The quantitative estimate of drug-likeness (QED) is 0.476. The SMILES string of the molecule is CCS(=O)(=O)c1ccccc1C(=O)N(CCCN(C)C)c1nc2c(C)cccc2s1.Cl. The molecule has 0 aliphatic carbocycles. The summed E-state index contributed by atoms with van der Waals surface area (Å²) in [5.41, 5.74) is 2.11. The lowest BCUT2D eigenvalue weighted by Crippen LogP contribution is -2.34. The molecule has 0 atom stereocenters. The monoisotopic (exact) mass is 481 g/mol. The third-order valence-electron chi connectivity index (χ3n) is 4.91. The number of aromatic nitrogens is 1. The van der Waals surface area contributed by atoms with E-state index in [1.807, 2.05) is 39.2 Å². The first-order valence-electron chi connectivity index (χ1n) is 9.89. The number of amides is 1. The average molecular weight is 482 g/mol. The largest absolute Gasteiger partial charge is 0.309 e. The highest BCUT2D eigenvalue weighted by Gasteiger charge is 2.27. The van der Waals surface area contributed by atoms with Crippen LogP contribution < -0.4 is 4.90 Å². The number of rotatable bonds is 8. The van der Waals surface area contributed by atoms with Crippen LogP contribution in [-0.4, -0.2) is 57.1 Å². The molecule has 1 heterocycles. The Hall–Kier alpha value is -2.00. The van der Waals surface area contributed by atoms with E-state index in [0.29, 0.717) is 11.7 Å². The summed E-state index contributed by atoms with van der Waals surface area (Å²) >= 11 is 1.45. The highest BCUT2D eigenvalue weighted by atomic mass is 35.5. The summed E-state index contributed by atoms with van der Waals surface area (Å²) in [6.07, 6.45) is 0.746. The molecule has 0 unspecified atom stereocenters. The molecular weight excluding hydrogens is 454 g/mol. The van der Waals surface area contributed by atoms with Gasteiger partial charge in [-0.3, -0.25) is 9.69 Å². The van der Waals surface area contributed by atoms with Crippen LogP contribution in [-0.2, 0) is 9.84 Å². The minimum absolute atomic E-state index is 0. The van der Waals surface area contributed by atoms with Gasteiger partial charge in [0.1, 0.15) is 0 Å². The van der Waals surface area contributed by atoms with Crippen LogP contribution in [0.25, 0.3) is 10.2 Å². The molecule has 1 aromatic heterocycles. The van der Waals surface area contributed by atoms with Gasteiger partial charge in [0.05, 0.1) is 26.4 Å². The zero-order chi connectivity index (χ0) is 21.9. The molecule has 0 spiro atoms. The highest BCUT2D eigenvalue weighted by molar-refractivity contribution is 7.91. The minimum Gasteiger partial charge on any atom is -0.309 e. The Labute approximate surface area is 194 Å². The van der Waals surface area contributed by atoms with E-state index in [-0.39, 0.29) is 34.5 Å². The summed E-state index contributed by atoms with van der Waals surface area (Å²) in [7, 11) is 0.437. The van der Waals surface area contributed by atoms with Crippen LogP contribution in [0.4, 0.5) is 5.13 Å². The number of thiazole rings is 1. The molecule has 0 aliphatic heterocycles. The molecule has 3 aromatic rings. The summed E-state index contributed by atoms with van der Waals surface area (Å²) in [6.45, 7) is 4.84. The Kier molecular flexibility index (Phi) is 8.59. The van der Waals surface area contributed by atoms with E-state index in [4.69, 9.17) is 4.98 Å². The molecule has 31 heavy (non-hydrogen) atoms. The Balaban J connectivity index is 0.00000341. The summed E-state index contributed by atoms with van der Waals surface area (Å²) in [5.74, 6) is -0.392. The van der Waals surface area contributed by atoms with E-state index in [0.717, 1.165) is 28.7 Å². The van der Waals surface area contributed by atoms with Crippen LogP contribution in [0.5, 0.6) is 0 Å². The fraction of sp³-hybridized carbons (Fsp3) is 0.364. The van der Waals surface area contributed by atoms with Crippen LogP contribution >= 0.6 is 23.7 Å². The molecule has 0 aliphatic rings. The minimum atomic E-state index is -3.53. The molecule has 168 valence electrons. The summed E-state index contributed by atoms with van der Waals surface area (Å²) < 4.78 is 26.2. The molecule has 0 fully saturated rings. The number of carbonyl (C=O) groups is 1. The Bertz CT molecular complexity index is 1160. The van der Waals surface area contributed by atoms with E-state index in [1.54, 1.807) is 30.0 Å². The van der Waals surface area contributed by atoms with E-state index in [9.17, 15) is 13.2 Å². The van der Waals surface area contributed by atoms with Gasteiger partial charge in [-0.1, -0.05) is 42.5 Å². The van der Waals surface area contributed by atoms with Crippen LogP contribution in [0.1, 0.15) is 29.3 Å². The van der Waals surface area contributed by atoms with Gasteiger partial charge in [-0.25, -0.2) is 13.4 Å². The number of anilines is 1. The number of hydrogen-bond donors (Lipinski definition) is 0. The van der Waals surface area contributed by atoms with Crippen molar-refractivity contribution >= 4 is 54.8 Å². The molecule has 0 N–H and O–H groups in total. The van der Waals surface area contributed by atoms with Crippen LogP contribution in [0.2, 0.25) is 0 Å². The molecule has 6 nitrogen and oxygen atoms in total. The van der Waals surface area contributed by atoms with Crippen LogP contribution in [0, 0.1) is 6.92 Å². The van der Waals surface area contributed by atoms with E-state index >= 15 is 0 Å². The zero-order valence-electron chi connectivity index (χ0n) is 18.2. The van der Waals surface area contributed by atoms with Crippen molar-refractivity contribution in [3.63, 3.8) is 0 Å². The zero-order valence-corrected chi connectivity index (χ0v) is 20.6. The summed E-state index contributed by atoms with van der Waals surface area (Å²) in [4.78, 5) is 22.1. The van der Waals surface area contributed by atoms with Gasteiger partial charge < -0.3 is 4.90 Å². The number of para-hydroxylation sites is 1. The Morgan fingerprint density at radius 3 is 2.42 bits per heavy atom. The third kappa shape index (κ3) is 5.63. The third-order valence-corrected chi connectivity index (χ3v) is 7.73. The predicted octanol–water partition coefficient (Wildman–Crippen LogP) is 4.42. The van der Waals surface area contributed by atoms with Crippen molar-refractivity contribution in [2.45, 2.75) is 25.2 Å². The van der Waals surface area contributed by atoms with Gasteiger partial charge in [0, 0.05) is 6.54 Å². The van der Waals surface area contributed by atoms with E-state index in [2.05, 4.69) is 4.90 Å². The van der Waals surface area contributed by atoms with Gasteiger partial charge in [0.15, 0.2) is 15.0 Å². The molecule has 0 bridgehead atoms. The second-order valence-corrected chi connectivity index (χ2v) is 10.7. The second-order valence-electron chi connectivity index (χ2n) is 7.43. The van der Waals surface area contributed by atoms with Crippen molar-refractivity contribution in [1.29, 1.82) is 0 Å². The first kappa shape index (κ1) is 25.3. The molecular formula is C22H28ClN3O3S2. The normalized spacial score (nSPS) is 11.5. The van der Waals surface area contributed by atoms with Gasteiger partial charge in [-0.2, -0.15) is 0 Å². The van der Waals surface area contributed by atoms with Crippen molar-refractivity contribution in [1.82, 2.24) is 9.88 Å². The number of aryl methyl sites for hydroxylation is 1. The number of fused-ring (bicyclic) bond motifs is 1. The van der Waals surface area contributed by atoms with Gasteiger partial charge >= 0.3 is 0 Å². The lowest BCUT2D eigenvalue weighted by molar-refractivity contribution is 0.0983. The fourth-order valence-electron chi connectivity index (χ4n) is 3.23. The molecule has 0 radical (unpaired) electrons. The molecule has 2 aromatic carbocycles. The average Bonchev–Trinajstić information content (AvgIpc) is 3.16. The fourth-order valence-corrected chi connectivity index (χ4v) is 5.39. The van der Waals surface area contributed by atoms with Gasteiger partial charge in [-0.05, 0) is 57.7 Å². The molecule has 3 rings (SSSR count). The van der Waals surface area contributed by atoms with Crippen molar-refractivity contribution in [3.8, 4) is 0 Å². The predicted molar refractivity (Wildman–Crippen MR) is 131 cm³/mol. The number of sulfone groups is 1. The Morgan fingerprint density at radius 1 is 1.06 bits per heavy atom. The van der Waals surface area contributed by atoms with Crippen molar-refractivity contribution in [2.24, 2.45) is 0 Å². The lowest BCUT2D eigenvalue weighted by Gasteiger charge is -2.22. The summed E-state index contributed by atoms with van der Waals surface area (Å²) in [5, 5.41) is 0.590. The first-order chi connectivity index (χ1) is 14.2. The van der Waals surface area contributed by atoms with Crippen LogP contribution in [0.3, 0.4) is 0 Å². The number of halogens is 1. The summed E-state index contributed by atoms with van der Waals surface area (Å²) in [6, 6.07) is 12.4. The smallest absolute Gasteiger partial charge is 0.261 e. The Morgan fingerprint density at radius 2 is 1.77 bits per heavy atom. The molecule has 0 saturated carbocycles. The number of benzene rings is 2. The molecule has 9 heteroatoms. The van der Waals surface area contributed by atoms with Gasteiger partial charge in [0.2, 0.25) is 0 Å². The standard InChI is InChI=1S/C22H27N3O3S2.ClH/c1-5-30(27,28)19-13-7-6-11-17(19)21(26)25(15-9-14-24(3)4)22-23-20-16(2)10-8-12-18(20)29-22;/h6-8,10-13H,5,9,14-15H2,1-4H3;1H. The van der Waals surface area contributed by atoms with Crippen molar-refractivity contribution < 1.29 is 13.2 Å². The van der Waals surface area contributed by atoms with E-state index < -0.39 is 9.84 Å². The molecule has 0 saturated heterocycles. The number of nitrogens with zero attached hydrogens (tertiary/aromatic N) is 3. The lowest BCUT2D eigenvalue weighted by atomic mass is 10.2. The van der Waals surface area contributed by atoms with Crippen molar-refractivity contribution in [3.05, 3.63) is 53.6 Å². The number of hydrogen-bond acceptors (Lipinski definition) is 6. The van der Waals surface area contributed by atoms with E-state index in [1.165, 1.54) is 17.4 Å². The first-order valence-corrected chi connectivity index (χ1v) is 12.4. The maximum absolute atomic E-state index is 13.6. The van der Waals surface area contributed by atoms with Crippen LogP contribution in [0.15, 0.2) is 47.4 Å².